The molecule has 2 aromatic rings. The molecule has 21 heavy (non-hydrogen) atoms. The minimum Gasteiger partial charge on any atom is -0.469 e. The van der Waals surface area contributed by atoms with E-state index < -0.39 is 0 Å². The molecule has 1 aromatic heterocycles. The fraction of sp³-hybridized carbons (Fsp3) is 0.333. The van der Waals surface area contributed by atoms with Crippen LogP contribution >= 0.6 is 15.9 Å². The van der Waals surface area contributed by atoms with Crippen LogP contribution < -0.4 is 4.90 Å². The number of halogens is 1. The normalized spacial score (nSPS) is 10.4. The van der Waals surface area contributed by atoms with E-state index >= 15 is 0 Å². The second-order valence-corrected chi connectivity index (χ2v) is 5.56. The molecule has 0 amide bonds. The Hall–Kier alpha value is -1.82. The lowest BCUT2D eigenvalue weighted by molar-refractivity contribution is -0.140. The fourth-order valence-electron chi connectivity index (χ4n) is 2.05. The molecule has 0 saturated heterocycles. The smallest absolute Gasteiger partial charge is 0.307 e. The predicted molar refractivity (Wildman–Crippen MR) is 85.0 cm³/mol. The Bertz CT molecular complexity index is 598. The number of methoxy groups -OCH3 is 1. The second kappa shape index (κ2) is 7.26. The van der Waals surface area contributed by atoms with E-state index in [-0.39, 0.29) is 5.97 Å². The molecule has 0 unspecified atom stereocenters. The minimum atomic E-state index is -0.222. The first kappa shape index (κ1) is 15.6. The molecule has 0 spiro atoms. The topological polar surface area (TPSA) is 47.4 Å². The number of aryl methyl sites for hydroxylation is 1. The van der Waals surface area contributed by atoms with E-state index in [9.17, 15) is 4.79 Å². The Morgan fingerprint density at radius 1 is 1.38 bits per heavy atom. The van der Waals surface area contributed by atoms with Gasteiger partial charge in [0.2, 0.25) is 0 Å². The van der Waals surface area contributed by atoms with Gasteiger partial charge in [0.15, 0.2) is 5.82 Å². The molecule has 5 nitrogen and oxygen atoms in total. The van der Waals surface area contributed by atoms with Crippen molar-refractivity contribution in [3.05, 3.63) is 46.6 Å². The first-order valence-corrected chi connectivity index (χ1v) is 7.44. The third-order valence-corrected chi connectivity index (χ3v) is 3.65. The number of carbonyl (C=O) groups is 1. The standard InChI is InChI=1S/C15H18BrN3O2/c1-18-11-13(16)15(17-18)19(9-8-14(20)21-2)10-12-6-4-3-5-7-12/h3-7,11H,8-10H2,1-2H3. The number of hydrogen-bond acceptors (Lipinski definition) is 4. The maximum Gasteiger partial charge on any atom is 0.307 e. The first-order valence-electron chi connectivity index (χ1n) is 6.65. The van der Waals surface area contributed by atoms with Crippen molar-refractivity contribution >= 4 is 27.7 Å². The number of aromatic nitrogens is 2. The number of carbonyl (C=O) groups excluding carboxylic acids is 1. The van der Waals surface area contributed by atoms with Crippen molar-refractivity contribution in [2.75, 3.05) is 18.6 Å². The van der Waals surface area contributed by atoms with Crippen LogP contribution in [-0.2, 0) is 23.1 Å². The molecule has 1 heterocycles. The fourth-order valence-corrected chi connectivity index (χ4v) is 2.68. The highest BCUT2D eigenvalue weighted by atomic mass is 79.9. The van der Waals surface area contributed by atoms with Crippen molar-refractivity contribution in [3.63, 3.8) is 0 Å². The first-order chi connectivity index (χ1) is 10.1. The lowest BCUT2D eigenvalue weighted by Crippen LogP contribution is -2.27. The van der Waals surface area contributed by atoms with E-state index in [1.54, 1.807) is 4.68 Å². The summed E-state index contributed by atoms with van der Waals surface area (Å²) < 4.78 is 7.37. The van der Waals surface area contributed by atoms with Crippen molar-refractivity contribution in [1.29, 1.82) is 0 Å². The van der Waals surface area contributed by atoms with Crippen LogP contribution in [0.4, 0.5) is 5.82 Å². The summed E-state index contributed by atoms with van der Waals surface area (Å²) in [6, 6.07) is 10.1. The molecule has 0 atom stereocenters. The van der Waals surface area contributed by atoms with Gasteiger partial charge in [0.05, 0.1) is 18.0 Å². The van der Waals surface area contributed by atoms with Gasteiger partial charge in [-0.25, -0.2) is 0 Å². The third-order valence-electron chi connectivity index (χ3n) is 3.10. The zero-order valence-corrected chi connectivity index (χ0v) is 13.7. The number of nitrogens with zero attached hydrogens (tertiary/aromatic N) is 3. The largest absolute Gasteiger partial charge is 0.469 e. The van der Waals surface area contributed by atoms with Crippen LogP contribution in [0.3, 0.4) is 0 Å². The van der Waals surface area contributed by atoms with Crippen LogP contribution in [0.1, 0.15) is 12.0 Å². The summed E-state index contributed by atoms with van der Waals surface area (Å²) in [5.74, 6) is 0.602. The van der Waals surface area contributed by atoms with Gasteiger partial charge in [-0.05, 0) is 21.5 Å². The van der Waals surface area contributed by atoms with Crippen LogP contribution in [0.5, 0.6) is 0 Å². The third kappa shape index (κ3) is 4.32. The zero-order valence-electron chi connectivity index (χ0n) is 12.1. The molecule has 0 fully saturated rings. The molecule has 0 aliphatic carbocycles. The average molecular weight is 352 g/mol. The van der Waals surface area contributed by atoms with Crippen molar-refractivity contribution in [2.45, 2.75) is 13.0 Å². The van der Waals surface area contributed by atoms with E-state index in [4.69, 9.17) is 4.74 Å². The maximum atomic E-state index is 11.4. The summed E-state index contributed by atoms with van der Waals surface area (Å²) in [5, 5.41) is 4.45. The Morgan fingerprint density at radius 2 is 2.10 bits per heavy atom. The van der Waals surface area contributed by atoms with Gasteiger partial charge in [-0.15, -0.1) is 0 Å². The van der Waals surface area contributed by atoms with Crippen LogP contribution in [0.2, 0.25) is 0 Å². The number of esters is 1. The molecule has 0 bridgehead atoms. The lowest BCUT2D eigenvalue weighted by atomic mass is 10.2. The Balaban J connectivity index is 2.17. The summed E-state index contributed by atoms with van der Waals surface area (Å²) in [6.07, 6.45) is 2.22. The van der Waals surface area contributed by atoms with Crippen molar-refractivity contribution < 1.29 is 9.53 Å². The molecular weight excluding hydrogens is 334 g/mol. The lowest BCUT2D eigenvalue weighted by Gasteiger charge is -2.22. The van der Waals surface area contributed by atoms with E-state index in [2.05, 4.69) is 38.1 Å². The van der Waals surface area contributed by atoms with E-state index in [1.165, 1.54) is 12.7 Å². The highest BCUT2D eigenvalue weighted by Crippen LogP contribution is 2.25. The summed E-state index contributed by atoms with van der Waals surface area (Å²) in [4.78, 5) is 13.5. The van der Waals surface area contributed by atoms with Crippen molar-refractivity contribution in [1.82, 2.24) is 9.78 Å². The highest BCUT2D eigenvalue weighted by molar-refractivity contribution is 9.10. The molecule has 2 rings (SSSR count). The molecular formula is C15H18BrN3O2. The zero-order chi connectivity index (χ0) is 15.2. The van der Waals surface area contributed by atoms with Crippen LogP contribution in [0, 0.1) is 0 Å². The Morgan fingerprint density at radius 3 is 2.67 bits per heavy atom. The van der Waals surface area contributed by atoms with Gasteiger partial charge in [-0.1, -0.05) is 30.3 Å². The van der Waals surface area contributed by atoms with Gasteiger partial charge in [0.25, 0.3) is 0 Å². The summed E-state index contributed by atoms with van der Waals surface area (Å²) in [7, 11) is 3.27. The van der Waals surface area contributed by atoms with Gasteiger partial charge in [-0.3, -0.25) is 9.48 Å². The average Bonchev–Trinajstić information content (AvgIpc) is 2.82. The van der Waals surface area contributed by atoms with Crippen LogP contribution in [0.15, 0.2) is 41.0 Å². The van der Waals surface area contributed by atoms with E-state index in [1.807, 2.05) is 31.4 Å². The van der Waals surface area contributed by atoms with Gasteiger partial charge < -0.3 is 9.64 Å². The summed E-state index contributed by atoms with van der Waals surface area (Å²) in [5.41, 5.74) is 1.17. The van der Waals surface area contributed by atoms with Crippen molar-refractivity contribution in [3.8, 4) is 0 Å². The molecule has 0 aliphatic heterocycles. The van der Waals surface area contributed by atoms with Crippen LogP contribution in [-0.4, -0.2) is 29.4 Å². The van der Waals surface area contributed by atoms with Gasteiger partial charge in [-0.2, -0.15) is 5.10 Å². The molecule has 112 valence electrons. The molecule has 6 heteroatoms. The van der Waals surface area contributed by atoms with Crippen LogP contribution in [0.25, 0.3) is 0 Å². The number of anilines is 1. The minimum absolute atomic E-state index is 0.222. The quantitative estimate of drug-likeness (QED) is 0.750. The van der Waals surface area contributed by atoms with Gasteiger partial charge in [0, 0.05) is 26.3 Å². The predicted octanol–water partition coefficient (Wildman–Crippen LogP) is 2.75. The SMILES string of the molecule is COC(=O)CCN(Cc1ccccc1)c1nn(C)cc1Br. The molecule has 0 aliphatic rings. The van der Waals surface area contributed by atoms with Crippen molar-refractivity contribution in [2.24, 2.45) is 7.05 Å². The Kier molecular flexibility index (Phi) is 5.38. The molecule has 0 saturated carbocycles. The number of ether oxygens (including phenoxy) is 1. The number of hydrogen-bond donors (Lipinski definition) is 0. The monoisotopic (exact) mass is 351 g/mol. The molecule has 1 aromatic carbocycles. The molecule has 0 N–H and O–H groups in total. The number of benzene rings is 1. The Labute approximate surface area is 132 Å². The summed E-state index contributed by atoms with van der Waals surface area (Å²) >= 11 is 3.51. The van der Waals surface area contributed by atoms with Gasteiger partial charge in [0.1, 0.15) is 0 Å². The maximum absolute atomic E-state index is 11.4. The van der Waals surface area contributed by atoms with E-state index in [0.717, 1.165) is 10.3 Å². The van der Waals surface area contributed by atoms with E-state index in [0.29, 0.717) is 19.5 Å². The molecule has 0 radical (unpaired) electrons. The van der Waals surface area contributed by atoms with Gasteiger partial charge >= 0.3 is 5.97 Å². The number of rotatable bonds is 6. The summed E-state index contributed by atoms with van der Waals surface area (Å²) in [6.45, 7) is 1.24. The highest BCUT2D eigenvalue weighted by Gasteiger charge is 2.16. The second-order valence-electron chi connectivity index (χ2n) is 4.71.